The van der Waals surface area contributed by atoms with Gasteiger partial charge >= 0.3 is 0 Å². The average molecular weight is 379 g/mol. The number of likely N-dealkylation sites (tertiary alicyclic amines) is 1. The molecule has 1 fully saturated rings. The van der Waals surface area contributed by atoms with Gasteiger partial charge in [-0.1, -0.05) is 30.3 Å². The molecule has 7 nitrogen and oxygen atoms in total. The van der Waals surface area contributed by atoms with Crippen LogP contribution in [0.1, 0.15) is 18.4 Å². The fraction of sp³-hybridized carbons (Fsp3) is 0.238. The van der Waals surface area contributed by atoms with Crippen molar-refractivity contribution in [1.29, 1.82) is 0 Å². The molecule has 3 rings (SSSR count). The van der Waals surface area contributed by atoms with Gasteiger partial charge in [0.25, 0.3) is 5.69 Å². The molecule has 1 heterocycles. The fourth-order valence-electron chi connectivity index (χ4n) is 3.19. The smallest absolute Gasteiger partial charge is 0.276 e. The normalized spacial score (nSPS) is 14.8. The maximum absolute atomic E-state index is 12.4. The van der Waals surface area contributed by atoms with E-state index in [0.29, 0.717) is 31.5 Å². The molecule has 0 aromatic heterocycles. The molecule has 28 heavy (non-hydrogen) atoms. The van der Waals surface area contributed by atoms with Gasteiger partial charge in [-0.3, -0.25) is 19.7 Å². The molecule has 0 radical (unpaired) electrons. The summed E-state index contributed by atoms with van der Waals surface area (Å²) in [4.78, 5) is 37.0. The quantitative estimate of drug-likeness (QED) is 0.489. The highest BCUT2D eigenvalue weighted by Gasteiger charge is 2.26. The number of anilines is 1. The molecule has 0 bridgehead atoms. The first-order chi connectivity index (χ1) is 13.5. The summed E-state index contributed by atoms with van der Waals surface area (Å²) in [6.07, 6.45) is 3.99. The van der Waals surface area contributed by atoms with Crippen LogP contribution in [0.25, 0.3) is 6.08 Å². The number of benzene rings is 2. The van der Waals surface area contributed by atoms with Crippen molar-refractivity contribution in [2.24, 2.45) is 5.92 Å². The number of nitro groups is 1. The first-order valence-corrected chi connectivity index (χ1v) is 9.11. The SMILES string of the molecule is O=C(Nc1ccccc1)C1CCN(C(=O)/C=C/c2ccccc2[N+](=O)[O-])CC1. The standard InChI is InChI=1S/C21H21N3O4/c25-20(11-10-16-6-4-5-9-19(16)24(27)28)23-14-12-17(13-15-23)21(26)22-18-7-2-1-3-8-18/h1-11,17H,12-15H2,(H,22,26)/b11-10+. The second-order valence-electron chi connectivity index (χ2n) is 6.60. The molecule has 7 heteroatoms. The number of nitro benzene ring substituents is 1. The zero-order valence-electron chi connectivity index (χ0n) is 15.3. The Labute approximate surface area is 162 Å². The first kappa shape index (κ1) is 19.3. The molecule has 0 atom stereocenters. The van der Waals surface area contributed by atoms with E-state index in [1.165, 1.54) is 18.2 Å². The fourth-order valence-corrected chi connectivity index (χ4v) is 3.19. The lowest BCUT2D eigenvalue weighted by Crippen LogP contribution is -2.40. The van der Waals surface area contributed by atoms with Crippen molar-refractivity contribution < 1.29 is 14.5 Å². The van der Waals surface area contributed by atoms with E-state index in [4.69, 9.17) is 0 Å². The van der Waals surface area contributed by atoms with Gasteiger partial charge in [-0.15, -0.1) is 0 Å². The number of rotatable bonds is 5. The van der Waals surface area contributed by atoms with Gasteiger partial charge in [0.15, 0.2) is 0 Å². The summed E-state index contributed by atoms with van der Waals surface area (Å²) in [6.45, 7) is 0.958. The summed E-state index contributed by atoms with van der Waals surface area (Å²) in [6, 6.07) is 15.6. The molecule has 2 aromatic rings. The molecule has 0 spiro atoms. The van der Waals surface area contributed by atoms with Crippen LogP contribution in [0.4, 0.5) is 11.4 Å². The summed E-state index contributed by atoms with van der Waals surface area (Å²) in [5.41, 5.74) is 1.11. The third-order valence-corrected chi connectivity index (χ3v) is 4.76. The molecule has 2 aromatic carbocycles. The Kier molecular flexibility index (Phi) is 6.16. The van der Waals surface area contributed by atoms with E-state index >= 15 is 0 Å². The molecule has 0 aliphatic carbocycles. The van der Waals surface area contributed by atoms with Gasteiger partial charge in [-0.05, 0) is 37.1 Å². The molecule has 144 valence electrons. The number of para-hydroxylation sites is 2. The van der Waals surface area contributed by atoms with Crippen molar-refractivity contribution in [3.63, 3.8) is 0 Å². The highest BCUT2D eigenvalue weighted by Crippen LogP contribution is 2.21. The van der Waals surface area contributed by atoms with Gasteiger partial charge in [0, 0.05) is 36.8 Å². The van der Waals surface area contributed by atoms with Crippen LogP contribution in [0, 0.1) is 16.0 Å². The Morgan fingerprint density at radius 1 is 1.04 bits per heavy atom. The first-order valence-electron chi connectivity index (χ1n) is 9.11. The predicted molar refractivity (Wildman–Crippen MR) is 107 cm³/mol. The van der Waals surface area contributed by atoms with Gasteiger partial charge in [-0.25, -0.2) is 0 Å². The van der Waals surface area contributed by atoms with E-state index in [9.17, 15) is 19.7 Å². The zero-order chi connectivity index (χ0) is 19.9. The van der Waals surface area contributed by atoms with Gasteiger partial charge < -0.3 is 10.2 Å². The third-order valence-electron chi connectivity index (χ3n) is 4.76. The second kappa shape index (κ2) is 8.94. The highest BCUT2D eigenvalue weighted by atomic mass is 16.6. The Hall–Kier alpha value is -3.48. The molecule has 0 saturated carbocycles. The summed E-state index contributed by atoms with van der Waals surface area (Å²) < 4.78 is 0. The van der Waals surface area contributed by atoms with Crippen LogP contribution in [-0.2, 0) is 9.59 Å². The van der Waals surface area contributed by atoms with E-state index in [1.807, 2.05) is 30.3 Å². The van der Waals surface area contributed by atoms with Crippen LogP contribution in [0.3, 0.4) is 0 Å². The largest absolute Gasteiger partial charge is 0.339 e. The lowest BCUT2D eigenvalue weighted by molar-refractivity contribution is -0.385. The minimum absolute atomic E-state index is 0.0336. The molecule has 0 unspecified atom stereocenters. The monoisotopic (exact) mass is 379 g/mol. The molecule has 1 saturated heterocycles. The number of nitrogens with one attached hydrogen (secondary N) is 1. The van der Waals surface area contributed by atoms with Gasteiger partial charge in [0.2, 0.25) is 11.8 Å². The van der Waals surface area contributed by atoms with Crippen molar-refractivity contribution in [1.82, 2.24) is 4.90 Å². The number of carbonyl (C=O) groups excluding carboxylic acids is 2. The number of amides is 2. The van der Waals surface area contributed by atoms with Crippen LogP contribution in [0.2, 0.25) is 0 Å². The Bertz CT molecular complexity index is 888. The number of carbonyl (C=O) groups is 2. The van der Waals surface area contributed by atoms with Crippen molar-refractivity contribution in [3.05, 3.63) is 76.4 Å². The number of piperidine rings is 1. The number of hydrogen-bond acceptors (Lipinski definition) is 4. The van der Waals surface area contributed by atoms with Gasteiger partial charge in [-0.2, -0.15) is 0 Å². The van der Waals surface area contributed by atoms with Gasteiger partial charge in [0.1, 0.15) is 0 Å². The van der Waals surface area contributed by atoms with E-state index in [1.54, 1.807) is 23.1 Å². The minimum Gasteiger partial charge on any atom is -0.339 e. The van der Waals surface area contributed by atoms with Crippen LogP contribution in [-0.4, -0.2) is 34.7 Å². The molecule has 2 amide bonds. The van der Waals surface area contributed by atoms with Crippen molar-refractivity contribution in [3.8, 4) is 0 Å². The lowest BCUT2D eigenvalue weighted by Gasteiger charge is -2.30. The van der Waals surface area contributed by atoms with Crippen molar-refractivity contribution in [2.45, 2.75) is 12.8 Å². The number of hydrogen-bond donors (Lipinski definition) is 1. The third kappa shape index (κ3) is 4.82. The van der Waals surface area contributed by atoms with Crippen LogP contribution in [0.15, 0.2) is 60.7 Å². The Balaban J connectivity index is 1.54. The maximum Gasteiger partial charge on any atom is 0.276 e. The molecule has 1 aliphatic rings. The number of nitrogens with zero attached hydrogens (tertiary/aromatic N) is 2. The van der Waals surface area contributed by atoms with Crippen molar-refractivity contribution in [2.75, 3.05) is 18.4 Å². The van der Waals surface area contributed by atoms with Crippen LogP contribution < -0.4 is 5.32 Å². The lowest BCUT2D eigenvalue weighted by atomic mass is 9.95. The molecular weight excluding hydrogens is 358 g/mol. The van der Waals surface area contributed by atoms with E-state index < -0.39 is 4.92 Å². The Morgan fingerprint density at radius 2 is 1.68 bits per heavy atom. The molecule has 1 aliphatic heterocycles. The zero-order valence-corrected chi connectivity index (χ0v) is 15.3. The van der Waals surface area contributed by atoms with E-state index in [2.05, 4.69) is 5.32 Å². The highest BCUT2D eigenvalue weighted by molar-refractivity contribution is 5.94. The van der Waals surface area contributed by atoms with Crippen LogP contribution >= 0.6 is 0 Å². The minimum atomic E-state index is -0.471. The van der Waals surface area contributed by atoms with E-state index in [-0.39, 0.29) is 23.4 Å². The summed E-state index contributed by atoms with van der Waals surface area (Å²) in [7, 11) is 0. The molecule has 1 N–H and O–H groups in total. The van der Waals surface area contributed by atoms with Crippen LogP contribution in [0.5, 0.6) is 0 Å². The summed E-state index contributed by atoms with van der Waals surface area (Å²) in [5, 5.41) is 13.9. The average Bonchev–Trinajstić information content (AvgIpc) is 2.73. The Morgan fingerprint density at radius 3 is 2.36 bits per heavy atom. The predicted octanol–water partition coefficient (Wildman–Crippen LogP) is 3.49. The van der Waals surface area contributed by atoms with Gasteiger partial charge in [0.05, 0.1) is 10.5 Å². The topological polar surface area (TPSA) is 92.6 Å². The summed E-state index contributed by atoms with van der Waals surface area (Å²) in [5.74, 6) is -0.378. The summed E-state index contributed by atoms with van der Waals surface area (Å²) >= 11 is 0. The molecular formula is C21H21N3O4. The van der Waals surface area contributed by atoms with E-state index in [0.717, 1.165) is 5.69 Å². The van der Waals surface area contributed by atoms with Crippen molar-refractivity contribution >= 4 is 29.3 Å². The second-order valence-corrected chi connectivity index (χ2v) is 6.60. The maximum atomic E-state index is 12.4.